The lowest BCUT2D eigenvalue weighted by atomic mass is 10.2. The largest absolute Gasteiger partial charge is 0.493 e. The van der Waals surface area contributed by atoms with Gasteiger partial charge in [0.25, 0.3) is 5.91 Å². The summed E-state index contributed by atoms with van der Waals surface area (Å²) in [5.74, 6) is -1.34. The van der Waals surface area contributed by atoms with E-state index in [1.807, 2.05) is 0 Å². The maximum absolute atomic E-state index is 13.0. The minimum Gasteiger partial charge on any atom is -0.493 e. The van der Waals surface area contributed by atoms with Crippen LogP contribution in [0.2, 0.25) is 5.02 Å². The van der Waals surface area contributed by atoms with Gasteiger partial charge < -0.3 is 19.5 Å². The summed E-state index contributed by atoms with van der Waals surface area (Å²) in [6, 6.07) is 8.25. The average molecular weight is 382 g/mol. The predicted molar refractivity (Wildman–Crippen MR) is 94.5 cm³/mol. The Balaban J connectivity index is 2.10. The number of halogens is 2. The van der Waals surface area contributed by atoms with Gasteiger partial charge in [-0.05, 0) is 37.3 Å². The van der Waals surface area contributed by atoms with Crippen molar-refractivity contribution in [2.45, 2.75) is 13.0 Å². The highest BCUT2D eigenvalue weighted by atomic mass is 35.5. The van der Waals surface area contributed by atoms with Gasteiger partial charge in [0.1, 0.15) is 11.4 Å². The molecule has 1 N–H and O–H groups in total. The molecular weight excluding hydrogens is 365 g/mol. The SMILES string of the molecule is COc1cccc(C(=O)O[C@@H](C)C(=O)Nc2ccc(F)cc2Cl)c1OC. The lowest BCUT2D eigenvalue weighted by Crippen LogP contribution is -2.30. The maximum atomic E-state index is 13.0. The van der Waals surface area contributed by atoms with Crippen molar-refractivity contribution < 1.29 is 28.2 Å². The second-order valence-electron chi connectivity index (χ2n) is 5.20. The number of nitrogens with one attached hydrogen (secondary N) is 1. The van der Waals surface area contributed by atoms with E-state index in [0.29, 0.717) is 5.75 Å². The average Bonchev–Trinajstić information content (AvgIpc) is 2.62. The number of esters is 1. The number of methoxy groups -OCH3 is 2. The highest BCUT2D eigenvalue weighted by Gasteiger charge is 2.23. The Morgan fingerprint density at radius 1 is 1.15 bits per heavy atom. The number of ether oxygens (including phenoxy) is 3. The monoisotopic (exact) mass is 381 g/mol. The number of benzene rings is 2. The molecule has 1 amide bonds. The predicted octanol–water partition coefficient (Wildman–Crippen LogP) is 3.68. The Kier molecular flexibility index (Phi) is 6.41. The van der Waals surface area contributed by atoms with Gasteiger partial charge in [-0.1, -0.05) is 17.7 Å². The van der Waals surface area contributed by atoms with Crippen molar-refractivity contribution in [1.82, 2.24) is 0 Å². The van der Waals surface area contributed by atoms with E-state index in [0.717, 1.165) is 12.1 Å². The second kappa shape index (κ2) is 8.53. The molecule has 0 saturated heterocycles. The van der Waals surface area contributed by atoms with Crippen LogP contribution in [-0.4, -0.2) is 32.2 Å². The molecule has 138 valence electrons. The zero-order valence-electron chi connectivity index (χ0n) is 14.3. The second-order valence-corrected chi connectivity index (χ2v) is 5.61. The van der Waals surface area contributed by atoms with E-state index in [4.69, 9.17) is 25.8 Å². The van der Waals surface area contributed by atoms with Crippen LogP contribution in [-0.2, 0) is 9.53 Å². The molecule has 0 unspecified atom stereocenters. The summed E-state index contributed by atoms with van der Waals surface area (Å²) in [5, 5.41) is 2.51. The first-order chi connectivity index (χ1) is 12.4. The zero-order chi connectivity index (χ0) is 19.3. The molecule has 2 aromatic carbocycles. The lowest BCUT2D eigenvalue weighted by Gasteiger charge is -2.16. The van der Waals surface area contributed by atoms with E-state index in [1.54, 1.807) is 12.1 Å². The third-order valence-corrected chi connectivity index (χ3v) is 3.78. The van der Waals surface area contributed by atoms with E-state index < -0.39 is 23.8 Å². The molecule has 6 nitrogen and oxygen atoms in total. The smallest absolute Gasteiger partial charge is 0.342 e. The molecule has 0 aliphatic rings. The maximum Gasteiger partial charge on any atom is 0.342 e. The molecule has 0 aromatic heterocycles. The molecule has 1 atom stereocenters. The number of rotatable bonds is 6. The van der Waals surface area contributed by atoms with Crippen LogP contribution < -0.4 is 14.8 Å². The molecule has 2 aromatic rings. The Hall–Kier alpha value is -2.80. The van der Waals surface area contributed by atoms with Crippen molar-refractivity contribution in [2.75, 3.05) is 19.5 Å². The molecule has 26 heavy (non-hydrogen) atoms. The first-order valence-corrected chi connectivity index (χ1v) is 7.93. The summed E-state index contributed by atoms with van der Waals surface area (Å²) in [7, 11) is 2.83. The standard InChI is InChI=1S/C18H17ClFNO5/c1-10(17(22)21-14-8-7-11(20)9-13(14)19)26-18(23)12-5-4-6-15(24-2)16(12)25-3/h4-10H,1-3H3,(H,21,22)/t10-/m0/s1. The Bertz CT molecular complexity index is 827. The number of carbonyl (C=O) groups is 2. The third-order valence-electron chi connectivity index (χ3n) is 3.46. The van der Waals surface area contributed by atoms with Gasteiger partial charge in [-0.15, -0.1) is 0 Å². The molecule has 0 aliphatic carbocycles. The number of hydrogen-bond donors (Lipinski definition) is 1. The summed E-state index contributed by atoms with van der Waals surface area (Å²) in [5.41, 5.74) is 0.325. The molecule has 2 rings (SSSR count). The Morgan fingerprint density at radius 2 is 1.88 bits per heavy atom. The van der Waals surface area contributed by atoms with E-state index in [-0.39, 0.29) is 22.0 Å². The highest BCUT2D eigenvalue weighted by molar-refractivity contribution is 6.33. The van der Waals surface area contributed by atoms with Gasteiger partial charge in [-0.25, -0.2) is 9.18 Å². The van der Waals surface area contributed by atoms with Crippen LogP contribution in [0.5, 0.6) is 11.5 Å². The molecule has 0 aliphatic heterocycles. The van der Waals surface area contributed by atoms with Crippen molar-refractivity contribution in [3.8, 4) is 11.5 Å². The molecule has 0 fully saturated rings. The number of anilines is 1. The van der Waals surface area contributed by atoms with Gasteiger partial charge in [-0.2, -0.15) is 0 Å². The highest BCUT2D eigenvalue weighted by Crippen LogP contribution is 2.31. The van der Waals surface area contributed by atoms with Crippen LogP contribution in [0.4, 0.5) is 10.1 Å². The minimum absolute atomic E-state index is 0.0336. The molecular formula is C18H17ClFNO5. The summed E-state index contributed by atoms with van der Waals surface area (Å²) in [6.07, 6.45) is -1.13. The number of hydrogen-bond acceptors (Lipinski definition) is 5. The molecule has 0 spiro atoms. The summed E-state index contributed by atoms with van der Waals surface area (Å²) in [4.78, 5) is 24.6. The molecule has 8 heteroatoms. The van der Waals surface area contributed by atoms with Crippen molar-refractivity contribution in [2.24, 2.45) is 0 Å². The summed E-state index contributed by atoms with van der Waals surface area (Å²) in [6.45, 7) is 1.40. The minimum atomic E-state index is -1.13. The van der Waals surface area contributed by atoms with Gasteiger partial charge in [0, 0.05) is 0 Å². The fourth-order valence-corrected chi connectivity index (χ4v) is 2.37. The van der Waals surface area contributed by atoms with Gasteiger partial charge in [-0.3, -0.25) is 4.79 Å². The quantitative estimate of drug-likeness (QED) is 0.773. The zero-order valence-corrected chi connectivity index (χ0v) is 15.1. The van der Waals surface area contributed by atoms with Crippen LogP contribution in [0.1, 0.15) is 17.3 Å². The fraction of sp³-hybridized carbons (Fsp3) is 0.222. The number of amides is 1. The molecule has 0 radical (unpaired) electrons. The van der Waals surface area contributed by atoms with Crippen LogP contribution in [0, 0.1) is 5.82 Å². The van der Waals surface area contributed by atoms with E-state index in [9.17, 15) is 14.0 Å². The fourth-order valence-electron chi connectivity index (χ4n) is 2.15. The van der Waals surface area contributed by atoms with E-state index in [2.05, 4.69) is 5.32 Å². The van der Waals surface area contributed by atoms with E-state index in [1.165, 1.54) is 33.3 Å². The van der Waals surface area contributed by atoms with Gasteiger partial charge in [0.15, 0.2) is 17.6 Å². The normalized spacial score (nSPS) is 11.4. The van der Waals surface area contributed by atoms with Crippen molar-refractivity contribution in [3.05, 3.63) is 52.8 Å². The lowest BCUT2D eigenvalue weighted by molar-refractivity contribution is -0.123. The number of carbonyl (C=O) groups excluding carboxylic acids is 2. The van der Waals surface area contributed by atoms with Gasteiger partial charge in [0.2, 0.25) is 0 Å². The molecule has 0 heterocycles. The van der Waals surface area contributed by atoms with Crippen LogP contribution in [0.3, 0.4) is 0 Å². The van der Waals surface area contributed by atoms with E-state index >= 15 is 0 Å². The first-order valence-electron chi connectivity index (χ1n) is 7.55. The molecule has 0 saturated carbocycles. The van der Waals surface area contributed by atoms with Gasteiger partial charge in [0.05, 0.1) is 24.9 Å². The third kappa shape index (κ3) is 4.43. The summed E-state index contributed by atoms with van der Waals surface area (Å²) < 4.78 is 28.5. The van der Waals surface area contributed by atoms with Crippen molar-refractivity contribution >= 4 is 29.2 Å². The molecule has 0 bridgehead atoms. The Labute approximate surface area is 154 Å². The Morgan fingerprint density at radius 3 is 2.50 bits per heavy atom. The summed E-state index contributed by atoms with van der Waals surface area (Å²) >= 11 is 5.86. The first kappa shape index (κ1) is 19.5. The van der Waals surface area contributed by atoms with Gasteiger partial charge >= 0.3 is 5.97 Å². The van der Waals surface area contributed by atoms with Crippen molar-refractivity contribution in [3.63, 3.8) is 0 Å². The topological polar surface area (TPSA) is 73.9 Å². The van der Waals surface area contributed by atoms with Crippen LogP contribution in [0.15, 0.2) is 36.4 Å². The van der Waals surface area contributed by atoms with Crippen LogP contribution in [0.25, 0.3) is 0 Å². The van der Waals surface area contributed by atoms with Crippen LogP contribution >= 0.6 is 11.6 Å². The van der Waals surface area contributed by atoms with Crippen molar-refractivity contribution in [1.29, 1.82) is 0 Å². The number of para-hydroxylation sites is 1.